The van der Waals surface area contributed by atoms with Crippen molar-refractivity contribution < 1.29 is 9.59 Å². The summed E-state index contributed by atoms with van der Waals surface area (Å²) < 4.78 is 0. The monoisotopic (exact) mass is 271 g/mol. The first-order valence-electron chi connectivity index (χ1n) is 7.04. The molecule has 0 radical (unpaired) electrons. The van der Waals surface area contributed by atoms with E-state index in [4.69, 9.17) is 0 Å². The minimum Gasteiger partial charge on any atom is -0.269 e. The minimum absolute atomic E-state index is 0.204. The third-order valence-corrected chi connectivity index (χ3v) is 3.67. The van der Waals surface area contributed by atoms with E-state index in [1.54, 1.807) is 6.92 Å². The SMILES string of the molecule is CC1=CC(=O)N(c2c(C(C)C)cccc2C(C)C)C1=O. The molecule has 3 heteroatoms. The Balaban J connectivity index is 2.66. The van der Waals surface area contributed by atoms with Crippen molar-refractivity contribution in [1.82, 2.24) is 0 Å². The highest BCUT2D eigenvalue weighted by molar-refractivity contribution is 6.30. The summed E-state index contributed by atoms with van der Waals surface area (Å²) in [6, 6.07) is 6.00. The van der Waals surface area contributed by atoms with E-state index in [1.807, 2.05) is 18.2 Å². The van der Waals surface area contributed by atoms with Crippen LogP contribution in [-0.2, 0) is 9.59 Å². The third kappa shape index (κ3) is 2.28. The lowest BCUT2D eigenvalue weighted by Gasteiger charge is -2.25. The van der Waals surface area contributed by atoms with Gasteiger partial charge in [0.2, 0.25) is 0 Å². The van der Waals surface area contributed by atoms with E-state index in [0.29, 0.717) is 5.57 Å². The van der Waals surface area contributed by atoms with Gasteiger partial charge in [-0.25, -0.2) is 4.90 Å². The summed E-state index contributed by atoms with van der Waals surface area (Å²) in [5, 5.41) is 0. The first kappa shape index (κ1) is 14.5. The fraction of sp³-hybridized carbons (Fsp3) is 0.412. The molecule has 0 aromatic heterocycles. The maximum atomic E-state index is 12.3. The van der Waals surface area contributed by atoms with Gasteiger partial charge in [-0.3, -0.25) is 9.59 Å². The number of benzene rings is 1. The van der Waals surface area contributed by atoms with Crippen LogP contribution in [0.2, 0.25) is 0 Å². The van der Waals surface area contributed by atoms with E-state index in [0.717, 1.165) is 16.8 Å². The van der Waals surface area contributed by atoms with Gasteiger partial charge in [0, 0.05) is 11.6 Å². The molecule has 3 nitrogen and oxygen atoms in total. The van der Waals surface area contributed by atoms with Crippen LogP contribution in [0.25, 0.3) is 0 Å². The molecule has 0 aliphatic carbocycles. The van der Waals surface area contributed by atoms with Crippen LogP contribution in [0.4, 0.5) is 5.69 Å². The molecule has 106 valence electrons. The molecule has 0 spiro atoms. The second-order valence-corrected chi connectivity index (χ2v) is 5.90. The van der Waals surface area contributed by atoms with Gasteiger partial charge in [0.05, 0.1) is 5.69 Å². The minimum atomic E-state index is -0.234. The largest absolute Gasteiger partial charge is 0.269 e. The molecule has 2 rings (SSSR count). The highest BCUT2D eigenvalue weighted by Gasteiger charge is 2.33. The number of rotatable bonds is 3. The van der Waals surface area contributed by atoms with E-state index < -0.39 is 0 Å². The molecule has 0 fully saturated rings. The van der Waals surface area contributed by atoms with Gasteiger partial charge in [0.25, 0.3) is 11.8 Å². The Labute approximate surface area is 120 Å². The zero-order valence-electron chi connectivity index (χ0n) is 12.7. The fourth-order valence-electron chi connectivity index (χ4n) is 2.57. The Morgan fingerprint density at radius 3 is 1.80 bits per heavy atom. The first-order valence-corrected chi connectivity index (χ1v) is 7.04. The van der Waals surface area contributed by atoms with E-state index in [1.165, 1.54) is 11.0 Å². The highest BCUT2D eigenvalue weighted by Crippen LogP contribution is 2.37. The maximum Gasteiger partial charge on any atom is 0.261 e. The molecule has 0 bridgehead atoms. The van der Waals surface area contributed by atoms with Crippen molar-refractivity contribution in [3.8, 4) is 0 Å². The Morgan fingerprint density at radius 2 is 1.45 bits per heavy atom. The molecule has 20 heavy (non-hydrogen) atoms. The molecule has 0 unspecified atom stereocenters. The van der Waals surface area contributed by atoms with Crippen LogP contribution in [0.3, 0.4) is 0 Å². The van der Waals surface area contributed by atoms with Gasteiger partial charge in [-0.05, 0) is 29.9 Å². The summed E-state index contributed by atoms with van der Waals surface area (Å²) in [6.45, 7) is 10.00. The van der Waals surface area contributed by atoms with E-state index >= 15 is 0 Å². The number of nitrogens with zero attached hydrogens (tertiary/aromatic N) is 1. The molecule has 0 N–H and O–H groups in total. The average Bonchev–Trinajstić information content (AvgIpc) is 2.62. The lowest BCUT2D eigenvalue weighted by Crippen LogP contribution is -2.32. The molecule has 1 aliphatic rings. The number of hydrogen-bond donors (Lipinski definition) is 0. The summed E-state index contributed by atoms with van der Waals surface area (Å²) >= 11 is 0. The van der Waals surface area contributed by atoms with Crippen LogP contribution in [0.5, 0.6) is 0 Å². The summed E-state index contributed by atoms with van der Waals surface area (Å²) in [5.41, 5.74) is 3.37. The molecule has 2 amide bonds. The van der Waals surface area contributed by atoms with Crippen molar-refractivity contribution in [2.45, 2.75) is 46.5 Å². The van der Waals surface area contributed by atoms with Gasteiger partial charge < -0.3 is 0 Å². The average molecular weight is 271 g/mol. The number of amides is 2. The highest BCUT2D eigenvalue weighted by atomic mass is 16.2. The van der Waals surface area contributed by atoms with Gasteiger partial charge in [0.15, 0.2) is 0 Å². The second kappa shape index (κ2) is 5.23. The van der Waals surface area contributed by atoms with Gasteiger partial charge >= 0.3 is 0 Å². The van der Waals surface area contributed by atoms with Crippen LogP contribution in [0, 0.1) is 0 Å². The molecular formula is C17H21NO2. The van der Waals surface area contributed by atoms with Crippen molar-refractivity contribution in [3.63, 3.8) is 0 Å². The van der Waals surface area contributed by atoms with Crippen molar-refractivity contribution in [3.05, 3.63) is 41.0 Å². The van der Waals surface area contributed by atoms with Gasteiger partial charge in [-0.2, -0.15) is 0 Å². The van der Waals surface area contributed by atoms with E-state index in [2.05, 4.69) is 27.7 Å². The molecular weight excluding hydrogens is 250 g/mol. The molecule has 0 saturated heterocycles. The zero-order valence-corrected chi connectivity index (χ0v) is 12.7. The van der Waals surface area contributed by atoms with Crippen molar-refractivity contribution in [1.29, 1.82) is 0 Å². The number of imide groups is 1. The third-order valence-electron chi connectivity index (χ3n) is 3.67. The Kier molecular flexibility index (Phi) is 3.80. The van der Waals surface area contributed by atoms with Crippen molar-refractivity contribution in [2.75, 3.05) is 4.90 Å². The molecule has 0 saturated carbocycles. The van der Waals surface area contributed by atoms with Crippen molar-refractivity contribution >= 4 is 17.5 Å². The summed E-state index contributed by atoms with van der Waals surface area (Å²) in [4.78, 5) is 25.8. The van der Waals surface area contributed by atoms with Gasteiger partial charge in [-0.15, -0.1) is 0 Å². The van der Waals surface area contributed by atoms with Crippen LogP contribution in [0.1, 0.15) is 57.6 Å². The Bertz CT molecular complexity index is 571. The summed E-state index contributed by atoms with van der Waals surface area (Å²) in [5.74, 6) is 0.0721. The number of hydrogen-bond acceptors (Lipinski definition) is 2. The van der Waals surface area contributed by atoms with E-state index in [-0.39, 0.29) is 23.7 Å². The topological polar surface area (TPSA) is 37.4 Å². The fourth-order valence-corrected chi connectivity index (χ4v) is 2.57. The Hall–Kier alpha value is -1.90. The first-order chi connectivity index (χ1) is 9.34. The van der Waals surface area contributed by atoms with Crippen molar-refractivity contribution in [2.24, 2.45) is 0 Å². The van der Waals surface area contributed by atoms with Gasteiger partial charge in [0.1, 0.15) is 0 Å². The van der Waals surface area contributed by atoms with Crippen LogP contribution in [0.15, 0.2) is 29.8 Å². The zero-order chi connectivity index (χ0) is 15.0. The smallest absolute Gasteiger partial charge is 0.261 e. The number of para-hydroxylation sites is 1. The molecule has 1 aliphatic heterocycles. The Morgan fingerprint density at radius 1 is 0.950 bits per heavy atom. The van der Waals surface area contributed by atoms with Crippen LogP contribution in [-0.4, -0.2) is 11.8 Å². The normalized spacial score (nSPS) is 15.6. The summed E-state index contributed by atoms with van der Waals surface area (Å²) in [7, 11) is 0. The number of carbonyl (C=O) groups is 2. The van der Waals surface area contributed by atoms with Gasteiger partial charge in [-0.1, -0.05) is 45.9 Å². The molecule has 0 atom stereocenters. The number of anilines is 1. The van der Waals surface area contributed by atoms with Crippen LogP contribution >= 0.6 is 0 Å². The molecule has 1 heterocycles. The summed E-state index contributed by atoms with van der Waals surface area (Å²) in [6.07, 6.45) is 1.42. The van der Waals surface area contributed by atoms with E-state index in [9.17, 15) is 9.59 Å². The predicted octanol–water partition coefficient (Wildman–Crippen LogP) is 3.75. The molecule has 1 aromatic rings. The lowest BCUT2D eigenvalue weighted by atomic mass is 9.92. The second-order valence-electron chi connectivity index (χ2n) is 5.90. The molecule has 1 aromatic carbocycles. The maximum absolute atomic E-state index is 12.3. The predicted molar refractivity (Wildman–Crippen MR) is 80.9 cm³/mol. The lowest BCUT2D eigenvalue weighted by molar-refractivity contribution is -0.120. The number of carbonyl (C=O) groups excluding carboxylic acids is 2. The standard InChI is InChI=1S/C17H21NO2/c1-10(2)13-7-6-8-14(11(3)4)16(13)18-15(19)9-12(5)17(18)20/h6-11H,1-5H3. The van der Waals surface area contributed by atoms with Crippen LogP contribution < -0.4 is 4.90 Å². The quantitative estimate of drug-likeness (QED) is 0.785.